The fourth-order valence-corrected chi connectivity index (χ4v) is 2.72. The summed E-state index contributed by atoms with van der Waals surface area (Å²) in [4.78, 5) is 12.4. The Morgan fingerprint density at radius 3 is 2.68 bits per heavy atom. The van der Waals surface area contributed by atoms with Crippen LogP contribution in [0.1, 0.15) is 22.3 Å². The molecule has 8 heteroatoms. The van der Waals surface area contributed by atoms with Crippen molar-refractivity contribution < 1.29 is 14.3 Å². The van der Waals surface area contributed by atoms with Crippen molar-refractivity contribution in [1.82, 2.24) is 14.9 Å². The summed E-state index contributed by atoms with van der Waals surface area (Å²) in [7, 11) is 0. The van der Waals surface area contributed by atoms with E-state index in [1.54, 1.807) is 24.3 Å². The van der Waals surface area contributed by atoms with Crippen LogP contribution in [0.3, 0.4) is 0 Å². The first-order valence-corrected chi connectivity index (χ1v) is 8.05. The zero-order valence-electron chi connectivity index (χ0n) is 13.0. The highest BCUT2D eigenvalue weighted by Gasteiger charge is 2.27. The second-order valence-electron chi connectivity index (χ2n) is 5.39. The number of amides is 1. The van der Waals surface area contributed by atoms with Crippen LogP contribution in [0.4, 0.5) is 0 Å². The van der Waals surface area contributed by atoms with Gasteiger partial charge in [0.1, 0.15) is 6.61 Å². The maximum atomic E-state index is 12.4. The third kappa shape index (κ3) is 2.99. The largest absolute Gasteiger partial charge is 0.485 e. The molecule has 0 radical (unpaired) electrons. The van der Waals surface area contributed by atoms with Gasteiger partial charge in [0.2, 0.25) is 4.77 Å². The molecule has 3 aromatic rings. The van der Waals surface area contributed by atoms with E-state index in [1.165, 1.54) is 4.68 Å². The summed E-state index contributed by atoms with van der Waals surface area (Å²) >= 11 is 5.22. The minimum absolute atomic E-state index is 0.262. The van der Waals surface area contributed by atoms with Gasteiger partial charge in [-0.3, -0.25) is 15.3 Å². The van der Waals surface area contributed by atoms with Crippen LogP contribution in [0, 0.1) is 4.77 Å². The number of carbonyl (C=O) groups is 1. The Balaban J connectivity index is 1.61. The molecule has 126 valence electrons. The molecule has 1 amide bonds. The Morgan fingerprint density at radius 1 is 1.16 bits per heavy atom. The lowest BCUT2D eigenvalue weighted by Gasteiger charge is -2.25. The Kier molecular flexibility index (Phi) is 3.95. The predicted molar refractivity (Wildman–Crippen MR) is 92.9 cm³/mol. The molecular formula is C17H14N4O3S. The van der Waals surface area contributed by atoms with Crippen LogP contribution in [-0.4, -0.2) is 27.4 Å². The molecule has 2 N–H and O–H groups in total. The van der Waals surface area contributed by atoms with Crippen LogP contribution in [0.15, 0.2) is 54.6 Å². The zero-order valence-corrected chi connectivity index (χ0v) is 13.8. The van der Waals surface area contributed by atoms with Crippen molar-refractivity contribution in [1.29, 1.82) is 0 Å². The number of hydrogen-bond donors (Lipinski definition) is 2. The number of para-hydroxylation sites is 2. The van der Waals surface area contributed by atoms with Gasteiger partial charge < -0.3 is 9.47 Å². The van der Waals surface area contributed by atoms with Crippen molar-refractivity contribution in [2.75, 3.05) is 12.0 Å². The third-order valence-electron chi connectivity index (χ3n) is 3.74. The van der Waals surface area contributed by atoms with E-state index in [-0.39, 0.29) is 17.3 Å². The van der Waals surface area contributed by atoms with Gasteiger partial charge in [0.25, 0.3) is 5.91 Å². The van der Waals surface area contributed by atoms with Gasteiger partial charge in [-0.05, 0) is 36.5 Å². The summed E-state index contributed by atoms with van der Waals surface area (Å²) in [5.74, 6) is 1.43. The van der Waals surface area contributed by atoms with Gasteiger partial charge in [-0.2, -0.15) is 5.10 Å². The fourth-order valence-electron chi connectivity index (χ4n) is 2.54. The predicted octanol–water partition coefficient (Wildman–Crippen LogP) is 2.84. The van der Waals surface area contributed by atoms with Gasteiger partial charge in [-0.1, -0.05) is 30.3 Å². The van der Waals surface area contributed by atoms with Gasteiger partial charge in [-0.25, -0.2) is 4.68 Å². The standard InChI is InChI=1S/C17H14N4O3S/c22-16(11-6-2-1-3-7-11)20-21-15(18-19-17(21)25)14-10-23-12-8-4-5-9-13(12)24-14/h1-9,14H,10H2,(H,19,25)(H,20,22). The second kappa shape index (κ2) is 6.40. The van der Waals surface area contributed by atoms with E-state index in [1.807, 2.05) is 30.3 Å². The monoisotopic (exact) mass is 354 g/mol. The molecule has 0 spiro atoms. The first-order valence-electron chi connectivity index (χ1n) is 7.64. The van der Waals surface area contributed by atoms with E-state index in [0.29, 0.717) is 22.9 Å². The molecule has 0 saturated carbocycles. The summed E-state index contributed by atoms with van der Waals surface area (Å²) in [6, 6.07) is 16.2. The number of hydrogen-bond acceptors (Lipinski definition) is 5. The fraction of sp³-hybridized carbons (Fsp3) is 0.118. The van der Waals surface area contributed by atoms with Crippen molar-refractivity contribution in [2.45, 2.75) is 6.10 Å². The number of aromatic amines is 1. The van der Waals surface area contributed by atoms with Crippen LogP contribution in [0.5, 0.6) is 11.5 Å². The molecule has 4 rings (SSSR count). The van der Waals surface area contributed by atoms with Crippen LogP contribution in [-0.2, 0) is 0 Å². The highest BCUT2D eigenvalue weighted by molar-refractivity contribution is 7.71. The molecule has 1 unspecified atom stereocenters. The lowest BCUT2D eigenvalue weighted by atomic mass is 10.2. The van der Waals surface area contributed by atoms with Crippen LogP contribution < -0.4 is 14.9 Å². The molecule has 2 heterocycles. The number of H-pyrrole nitrogens is 1. The Labute approximate surface area is 148 Å². The molecular weight excluding hydrogens is 340 g/mol. The van der Waals surface area contributed by atoms with Gasteiger partial charge >= 0.3 is 0 Å². The van der Waals surface area contributed by atoms with Crippen LogP contribution >= 0.6 is 12.2 Å². The van der Waals surface area contributed by atoms with E-state index in [9.17, 15) is 4.79 Å². The van der Waals surface area contributed by atoms with E-state index >= 15 is 0 Å². The maximum absolute atomic E-state index is 12.4. The summed E-state index contributed by atoms with van der Waals surface area (Å²) in [5.41, 5.74) is 3.26. The smallest absolute Gasteiger partial charge is 0.270 e. The highest BCUT2D eigenvalue weighted by atomic mass is 32.1. The Morgan fingerprint density at radius 2 is 1.88 bits per heavy atom. The first kappa shape index (κ1) is 15.4. The molecule has 0 bridgehead atoms. The van der Waals surface area contributed by atoms with Crippen molar-refractivity contribution in [3.05, 3.63) is 70.8 Å². The zero-order chi connectivity index (χ0) is 17.2. The van der Waals surface area contributed by atoms with Crippen LogP contribution in [0.25, 0.3) is 0 Å². The number of nitrogens with zero attached hydrogens (tertiary/aromatic N) is 2. The van der Waals surface area contributed by atoms with Gasteiger partial charge in [0.15, 0.2) is 23.4 Å². The van der Waals surface area contributed by atoms with Crippen molar-refractivity contribution in [2.24, 2.45) is 0 Å². The second-order valence-corrected chi connectivity index (χ2v) is 5.78. The average molecular weight is 354 g/mol. The van der Waals surface area contributed by atoms with Crippen LogP contribution in [0.2, 0.25) is 0 Å². The first-order chi connectivity index (χ1) is 12.2. The van der Waals surface area contributed by atoms with E-state index < -0.39 is 6.10 Å². The summed E-state index contributed by atoms with van der Waals surface area (Å²) in [6.07, 6.45) is -0.501. The average Bonchev–Trinajstić information content (AvgIpc) is 3.02. The van der Waals surface area contributed by atoms with Crippen molar-refractivity contribution in [3.8, 4) is 11.5 Å². The van der Waals surface area contributed by atoms with Gasteiger partial charge in [0, 0.05) is 5.56 Å². The number of benzene rings is 2. The lowest BCUT2D eigenvalue weighted by molar-refractivity contribution is 0.0821. The molecule has 7 nitrogen and oxygen atoms in total. The normalized spacial score (nSPS) is 15.6. The molecule has 1 aliphatic heterocycles. The number of rotatable bonds is 3. The van der Waals surface area contributed by atoms with Crippen molar-refractivity contribution in [3.63, 3.8) is 0 Å². The van der Waals surface area contributed by atoms with E-state index in [2.05, 4.69) is 15.6 Å². The molecule has 1 atom stereocenters. The van der Waals surface area contributed by atoms with E-state index in [0.717, 1.165) is 0 Å². The summed E-state index contributed by atoms with van der Waals surface area (Å²) < 4.78 is 13.3. The summed E-state index contributed by atoms with van der Waals surface area (Å²) in [5, 5.41) is 6.87. The SMILES string of the molecule is O=C(Nn1c(C2COc3ccccc3O2)n[nH]c1=S)c1ccccc1. The molecule has 1 aromatic heterocycles. The quantitative estimate of drug-likeness (QED) is 0.707. The van der Waals surface area contributed by atoms with Gasteiger partial charge in [-0.15, -0.1) is 0 Å². The summed E-state index contributed by atoms with van der Waals surface area (Å²) in [6.45, 7) is 0.262. The lowest BCUT2D eigenvalue weighted by Crippen LogP contribution is -2.30. The number of fused-ring (bicyclic) bond motifs is 1. The maximum Gasteiger partial charge on any atom is 0.270 e. The minimum Gasteiger partial charge on any atom is -0.485 e. The van der Waals surface area contributed by atoms with Crippen molar-refractivity contribution >= 4 is 18.1 Å². The molecule has 25 heavy (non-hydrogen) atoms. The Bertz CT molecular complexity index is 967. The third-order valence-corrected chi connectivity index (χ3v) is 4.02. The molecule has 0 saturated heterocycles. The minimum atomic E-state index is -0.501. The topological polar surface area (TPSA) is 81.2 Å². The number of aromatic nitrogens is 3. The molecule has 1 aliphatic rings. The number of nitrogens with one attached hydrogen (secondary N) is 2. The molecule has 0 fully saturated rings. The highest BCUT2D eigenvalue weighted by Crippen LogP contribution is 2.35. The number of ether oxygens (including phenoxy) is 2. The van der Waals surface area contributed by atoms with E-state index in [4.69, 9.17) is 21.7 Å². The molecule has 0 aliphatic carbocycles. The molecule has 2 aromatic carbocycles. The number of carbonyl (C=O) groups excluding carboxylic acids is 1. The Hall–Kier alpha value is -3.13. The van der Waals surface area contributed by atoms with Gasteiger partial charge in [0.05, 0.1) is 0 Å².